The molecule has 10 nitrogen and oxygen atoms in total. The molecule has 59 heavy (non-hydrogen) atoms. The summed E-state index contributed by atoms with van der Waals surface area (Å²) in [4.78, 5) is 29.2. The second-order valence-electron chi connectivity index (χ2n) is 17.5. The van der Waals surface area contributed by atoms with Crippen molar-refractivity contribution in [2.24, 2.45) is 17.0 Å². The number of esters is 1. The summed E-state index contributed by atoms with van der Waals surface area (Å²) in [6, 6.07) is 32.5. The number of halogens is 1. The summed E-state index contributed by atoms with van der Waals surface area (Å²) in [5, 5.41) is 10.7. The lowest BCUT2D eigenvalue weighted by atomic mass is 9.68. The predicted molar refractivity (Wildman–Crippen MR) is 236 cm³/mol. The van der Waals surface area contributed by atoms with Crippen LogP contribution in [0.1, 0.15) is 74.4 Å². The van der Waals surface area contributed by atoms with Crippen molar-refractivity contribution in [3.8, 4) is 5.75 Å². The summed E-state index contributed by atoms with van der Waals surface area (Å²) in [5.74, 6) is -0.237. The molecule has 3 N–H and O–H groups in total. The highest BCUT2D eigenvalue weighted by Crippen LogP contribution is 2.48. The minimum atomic E-state index is -3.76. The number of fused-ring (bicyclic) bond motifs is 3. The van der Waals surface area contributed by atoms with E-state index in [2.05, 4.69) is 67.4 Å². The van der Waals surface area contributed by atoms with E-state index in [0.717, 1.165) is 53.2 Å². The smallest absolute Gasteiger partial charge is 0.337 e. The second-order valence-corrected chi connectivity index (χ2v) is 23.9. The van der Waals surface area contributed by atoms with Crippen LogP contribution >= 0.6 is 11.6 Å². The number of anilines is 1. The van der Waals surface area contributed by atoms with Crippen molar-refractivity contribution in [2.45, 2.75) is 75.9 Å². The Bertz CT molecular complexity index is 2220. The van der Waals surface area contributed by atoms with Crippen LogP contribution in [0, 0.1) is 11.8 Å². The molecule has 0 radical (unpaired) electrons. The normalized spacial score (nSPS) is 20.9. The molecule has 4 aromatic rings. The number of nitrogens with zero attached hydrogens (tertiary/aromatic N) is 1. The predicted octanol–water partition coefficient (Wildman–Crippen LogP) is 6.37. The largest absolute Gasteiger partial charge is 0.490 e. The number of carbonyl (C=O) groups is 2. The van der Waals surface area contributed by atoms with E-state index < -0.39 is 30.4 Å². The molecule has 0 saturated heterocycles. The maximum atomic E-state index is 13.9. The lowest BCUT2D eigenvalue weighted by Crippen LogP contribution is -2.69. The molecule has 2 aliphatic carbocycles. The van der Waals surface area contributed by atoms with E-state index in [1.54, 1.807) is 6.07 Å². The Hall–Kier alpha value is -4.20. The van der Waals surface area contributed by atoms with Gasteiger partial charge in [0.2, 0.25) is 15.9 Å². The average molecular weight is 859 g/mol. The van der Waals surface area contributed by atoms with E-state index in [-0.39, 0.29) is 46.9 Å². The number of primary sulfonamides is 1. The number of rotatable bonds is 13. The zero-order valence-corrected chi connectivity index (χ0v) is 37.0. The third-order valence-corrected chi connectivity index (χ3v) is 18.8. The molecule has 0 bridgehead atoms. The van der Waals surface area contributed by atoms with Crippen LogP contribution in [0.25, 0.3) is 0 Å². The summed E-state index contributed by atoms with van der Waals surface area (Å²) < 4.78 is 43.2. The van der Waals surface area contributed by atoms with E-state index in [0.29, 0.717) is 31.0 Å². The first-order chi connectivity index (χ1) is 28.1. The summed E-state index contributed by atoms with van der Waals surface area (Å²) in [6.07, 6.45) is 4.20. The fourth-order valence-electron chi connectivity index (χ4n) is 9.74. The second kappa shape index (κ2) is 17.4. The zero-order chi connectivity index (χ0) is 42.0. The Morgan fingerprint density at radius 1 is 1.00 bits per heavy atom. The molecule has 314 valence electrons. The number of amides is 1. The Morgan fingerprint density at radius 3 is 2.31 bits per heavy atom. The molecule has 4 aromatic carbocycles. The molecule has 1 saturated carbocycles. The minimum absolute atomic E-state index is 0.00884. The highest BCUT2D eigenvalue weighted by Gasteiger charge is 2.54. The van der Waals surface area contributed by atoms with Crippen molar-refractivity contribution in [1.82, 2.24) is 5.32 Å². The monoisotopic (exact) mass is 857 g/mol. The molecule has 1 amide bonds. The van der Waals surface area contributed by atoms with E-state index >= 15 is 0 Å². The molecule has 1 heterocycles. The van der Waals surface area contributed by atoms with Crippen LogP contribution in [0.3, 0.4) is 0 Å². The van der Waals surface area contributed by atoms with Gasteiger partial charge in [-0.15, -0.1) is 0 Å². The van der Waals surface area contributed by atoms with Crippen LogP contribution in [0.15, 0.2) is 97.1 Å². The summed E-state index contributed by atoms with van der Waals surface area (Å²) in [6.45, 7) is 8.38. The number of benzene rings is 4. The van der Waals surface area contributed by atoms with Crippen LogP contribution in [-0.2, 0) is 35.8 Å². The molecule has 4 atom stereocenters. The third-order valence-electron chi connectivity index (χ3n) is 12.7. The van der Waals surface area contributed by atoms with Crippen molar-refractivity contribution in [3.63, 3.8) is 0 Å². The average Bonchev–Trinajstić information content (AvgIpc) is 3.34. The van der Waals surface area contributed by atoms with Crippen LogP contribution in [0.5, 0.6) is 5.75 Å². The number of nitrogens with one attached hydrogen (secondary N) is 1. The van der Waals surface area contributed by atoms with Crippen molar-refractivity contribution < 1.29 is 31.9 Å². The maximum Gasteiger partial charge on any atom is 0.337 e. The Balaban J connectivity index is 1.28. The van der Waals surface area contributed by atoms with Gasteiger partial charge in [-0.2, -0.15) is 0 Å². The third kappa shape index (κ3) is 9.12. The molecule has 1 fully saturated rings. The Labute approximate surface area is 354 Å². The van der Waals surface area contributed by atoms with Gasteiger partial charge in [0.1, 0.15) is 5.75 Å². The lowest BCUT2D eigenvalue weighted by molar-refractivity contribution is -0.124. The fraction of sp³-hybridized carbons (Fsp3) is 0.435. The number of hydrogen-bond donors (Lipinski definition) is 2. The number of ether oxygens (including phenoxy) is 2. The highest BCUT2D eigenvalue weighted by molar-refractivity contribution is 7.89. The van der Waals surface area contributed by atoms with E-state index in [4.69, 9.17) is 30.6 Å². The quantitative estimate of drug-likeness (QED) is 0.117. The van der Waals surface area contributed by atoms with Crippen molar-refractivity contribution in [1.29, 1.82) is 0 Å². The first-order valence-electron chi connectivity index (χ1n) is 20.6. The highest BCUT2D eigenvalue weighted by atomic mass is 35.5. The number of hydrogen-bond acceptors (Lipinski definition) is 8. The number of sulfonamides is 1. The van der Waals surface area contributed by atoms with Gasteiger partial charge >= 0.3 is 5.97 Å². The number of aryl methyl sites for hydroxylation is 1. The molecular weight excluding hydrogens is 802 g/mol. The summed E-state index contributed by atoms with van der Waals surface area (Å²) in [7, 11) is -5.50. The van der Waals surface area contributed by atoms with Gasteiger partial charge in [0.05, 0.1) is 43.2 Å². The van der Waals surface area contributed by atoms with Gasteiger partial charge in [-0.25, -0.2) is 18.4 Å². The van der Waals surface area contributed by atoms with Crippen LogP contribution in [0.4, 0.5) is 5.69 Å². The van der Waals surface area contributed by atoms with E-state index in [1.165, 1.54) is 18.2 Å². The molecule has 3 aliphatic rings. The lowest BCUT2D eigenvalue weighted by Gasteiger charge is -2.51. The van der Waals surface area contributed by atoms with Crippen molar-refractivity contribution in [2.75, 3.05) is 44.0 Å². The van der Waals surface area contributed by atoms with Gasteiger partial charge in [-0.3, -0.25) is 4.79 Å². The zero-order valence-electron chi connectivity index (χ0n) is 34.4. The molecule has 0 unspecified atom stereocenters. The van der Waals surface area contributed by atoms with Crippen LogP contribution in [-0.4, -0.2) is 73.8 Å². The van der Waals surface area contributed by atoms with E-state index in [9.17, 15) is 18.0 Å². The van der Waals surface area contributed by atoms with E-state index in [1.807, 2.05) is 54.6 Å². The van der Waals surface area contributed by atoms with Gasteiger partial charge in [-0.05, 0) is 101 Å². The molecule has 13 heteroatoms. The van der Waals surface area contributed by atoms with Gasteiger partial charge in [-0.1, -0.05) is 99.1 Å². The summed E-state index contributed by atoms with van der Waals surface area (Å²) >= 11 is 6.52. The Morgan fingerprint density at radius 2 is 1.69 bits per heavy atom. The number of methoxy groups -OCH3 is 1. The first-order valence-corrected chi connectivity index (χ1v) is 24.6. The molecule has 1 aliphatic heterocycles. The summed E-state index contributed by atoms with van der Waals surface area (Å²) in [5.41, 5.74) is 3.44. The van der Waals surface area contributed by atoms with Gasteiger partial charge in [0.15, 0.2) is 0 Å². The van der Waals surface area contributed by atoms with Gasteiger partial charge in [0.25, 0.3) is 8.32 Å². The SMILES string of the molecule is COC(=O)c1ccc2c(c1)N(C[C@@H]1CC[C@H]1[C@@H](CC(=O)NCCS(N)(=O)=O)O[Si](c1ccccc1)(c1ccccc1)C(C)(C)C)C[C@@]1(CCCc3cc(Cl)ccc31)CO2. The molecule has 7 rings (SSSR count). The van der Waals surface area contributed by atoms with Gasteiger partial charge < -0.3 is 24.1 Å². The van der Waals surface area contributed by atoms with Crippen LogP contribution in [0.2, 0.25) is 10.1 Å². The molecule has 0 aromatic heterocycles. The molecular formula is C46H56ClN3O7SSi. The Kier molecular flexibility index (Phi) is 12.7. The van der Waals surface area contributed by atoms with Crippen LogP contribution < -0.4 is 30.5 Å². The first kappa shape index (κ1) is 42.9. The standard InChI is InChI=1S/C46H56ClN3O7SSi/c1-45(2,3)59(36-13-7-5-8-14-36,37-15-9-6-10-16-37)57-42(28-43(51)49-24-25-58(48,53)54)38-20-17-34(38)29-50-30-46(23-11-12-32-26-35(47)19-21-39(32)46)31-56-41-22-18-33(27-40(41)50)44(52)55-4/h5-10,13-16,18-19,21-22,26-27,34,38,42H,11-12,17,20,23-25,28-31H2,1-4H3,(H,49,51)(H2,48,53,54)/t34-,38+,42+,46-/m0/s1. The number of carbonyl (C=O) groups excluding carboxylic acids is 2. The topological polar surface area (TPSA) is 137 Å². The van der Waals surface area contributed by atoms with Crippen molar-refractivity contribution in [3.05, 3.63) is 119 Å². The minimum Gasteiger partial charge on any atom is -0.490 e. The van der Waals surface area contributed by atoms with Crippen molar-refractivity contribution >= 4 is 57.9 Å². The number of nitrogens with two attached hydrogens (primary N) is 1. The maximum absolute atomic E-state index is 13.9. The van der Waals surface area contributed by atoms with Gasteiger partial charge in [0, 0.05) is 30.1 Å². The molecule has 1 spiro atoms. The fourth-order valence-corrected chi connectivity index (χ4v) is 15.0.